The van der Waals surface area contributed by atoms with Gasteiger partial charge in [-0.15, -0.1) is 0 Å². The largest absolute Gasteiger partial charge is 0.462 e. The summed E-state index contributed by atoms with van der Waals surface area (Å²) in [5, 5.41) is 0. The topological polar surface area (TPSA) is 26.3 Å². The molecule has 0 radical (unpaired) electrons. The molecule has 1 aromatic carbocycles. The average Bonchev–Trinajstić information content (AvgIpc) is 2.29. The Morgan fingerprint density at radius 2 is 1.94 bits per heavy atom. The maximum Gasteiger partial charge on any atom is 0.339 e. The standard InChI is InChI=1S/C12H13I3O2/c1-2-3-4-5-17-12(16)9-6-8(13)7-10(14)11(9)15/h6-7H,2-5H2,1H3. The molecular weight excluding hydrogens is 557 g/mol. The van der Waals surface area contributed by atoms with Crippen molar-refractivity contribution in [2.24, 2.45) is 0 Å². The zero-order valence-electron chi connectivity index (χ0n) is 9.43. The van der Waals surface area contributed by atoms with Gasteiger partial charge in [-0.1, -0.05) is 19.8 Å². The Hall–Kier alpha value is 0.880. The highest BCUT2D eigenvalue weighted by molar-refractivity contribution is 14.1. The van der Waals surface area contributed by atoms with Gasteiger partial charge in [-0.3, -0.25) is 0 Å². The summed E-state index contributed by atoms with van der Waals surface area (Å²) in [6.07, 6.45) is 3.18. The van der Waals surface area contributed by atoms with Gasteiger partial charge in [0.2, 0.25) is 0 Å². The zero-order valence-corrected chi connectivity index (χ0v) is 15.9. The molecule has 0 aliphatic carbocycles. The molecule has 0 saturated carbocycles. The second kappa shape index (κ2) is 8.13. The first kappa shape index (κ1) is 15.9. The van der Waals surface area contributed by atoms with E-state index in [1.165, 1.54) is 0 Å². The highest BCUT2D eigenvalue weighted by atomic mass is 127. The molecule has 0 amide bonds. The maximum atomic E-state index is 11.9. The van der Waals surface area contributed by atoms with Crippen molar-refractivity contribution >= 4 is 73.7 Å². The number of benzene rings is 1. The normalized spacial score (nSPS) is 10.4. The summed E-state index contributed by atoms with van der Waals surface area (Å²) in [7, 11) is 0. The number of halogens is 3. The molecule has 0 atom stereocenters. The molecule has 0 aliphatic rings. The van der Waals surface area contributed by atoms with Gasteiger partial charge in [0.1, 0.15) is 0 Å². The molecule has 5 heteroatoms. The minimum atomic E-state index is -0.207. The first-order valence-corrected chi connectivity index (χ1v) is 8.61. The van der Waals surface area contributed by atoms with Gasteiger partial charge in [-0.2, -0.15) is 0 Å². The van der Waals surface area contributed by atoms with Gasteiger partial charge >= 0.3 is 5.97 Å². The Bertz CT molecular complexity index is 405. The summed E-state index contributed by atoms with van der Waals surface area (Å²) in [5.74, 6) is -0.207. The third kappa shape index (κ3) is 5.17. The first-order valence-electron chi connectivity index (χ1n) is 5.38. The van der Waals surface area contributed by atoms with Crippen LogP contribution < -0.4 is 0 Å². The van der Waals surface area contributed by atoms with Crippen molar-refractivity contribution in [3.63, 3.8) is 0 Å². The number of ether oxygens (including phenoxy) is 1. The molecule has 0 heterocycles. The van der Waals surface area contributed by atoms with Gasteiger partial charge in [-0.25, -0.2) is 4.79 Å². The summed E-state index contributed by atoms with van der Waals surface area (Å²) in [6.45, 7) is 2.65. The molecule has 0 aliphatic heterocycles. The Labute approximate surface area is 143 Å². The molecule has 1 rings (SSSR count). The average molecular weight is 570 g/mol. The van der Waals surface area contributed by atoms with E-state index in [0.29, 0.717) is 12.2 Å². The van der Waals surface area contributed by atoms with E-state index in [1.807, 2.05) is 6.07 Å². The van der Waals surface area contributed by atoms with E-state index < -0.39 is 0 Å². The third-order valence-electron chi connectivity index (χ3n) is 2.19. The Morgan fingerprint density at radius 1 is 1.24 bits per heavy atom. The van der Waals surface area contributed by atoms with Crippen LogP contribution >= 0.6 is 67.8 Å². The smallest absolute Gasteiger partial charge is 0.339 e. The summed E-state index contributed by atoms with van der Waals surface area (Å²) in [5.41, 5.74) is 0.679. The molecule has 2 nitrogen and oxygen atoms in total. The number of unbranched alkanes of at least 4 members (excludes halogenated alkanes) is 2. The number of rotatable bonds is 5. The fourth-order valence-electron chi connectivity index (χ4n) is 1.30. The fourth-order valence-corrected chi connectivity index (χ4v) is 3.68. The molecule has 0 N–H and O–H groups in total. The van der Waals surface area contributed by atoms with Crippen molar-refractivity contribution in [1.29, 1.82) is 0 Å². The Kier molecular flexibility index (Phi) is 7.62. The van der Waals surface area contributed by atoms with Gasteiger partial charge in [0, 0.05) is 10.7 Å². The van der Waals surface area contributed by atoms with E-state index in [2.05, 4.69) is 80.8 Å². The molecule has 0 unspecified atom stereocenters. The van der Waals surface area contributed by atoms with Crippen molar-refractivity contribution in [2.45, 2.75) is 26.2 Å². The SMILES string of the molecule is CCCCCOC(=O)c1cc(I)cc(I)c1I. The molecule has 17 heavy (non-hydrogen) atoms. The second-order valence-corrected chi connectivity index (χ2v) is 7.08. The Balaban J connectivity index is 2.69. The quantitative estimate of drug-likeness (QED) is 0.219. The lowest BCUT2D eigenvalue weighted by Gasteiger charge is -2.08. The fraction of sp³-hybridized carbons (Fsp3) is 0.417. The number of carbonyl (C=O) groups is 1. The van der Waals surface area contributed by atoms with Gasteiger partial charge in [0.25, 0.3) is 0 Å². The van der Waals surface area contributed by atoms with E-state index in [0.717, 1.165) is 30.0 Å². The van der Waals surface area contributed by atoms with Crippen LogP contribution in [0, 0.1) is 10.7 Å². The number of esters is 1. The number of hydrogen-bond acceptors (Lipinski definition) is 2. The zero-order chi connectivity index (χ0) is 12.8. The Morgan fingerprint density at radius 3 is 2.59 bits per heavy atom. The van der Waals surface area contributed by atoms with E-state index >= 15 is 0 Å². The van der Waals surface area contributed by atoms with E-state index in [9.17, 15) is 4.79 Å². The lowest BCUT2D eigenvalue weighted by Crippen LogP contribution is -2.09. The maximum absolute atomic E-state index is 11.9. The van der Waals surface area contributed by atoms with E-state index in [4.69, 9.17) is 4.74 Å². The van der Waals surface area contributed by atoms with E-state index in [-0.39, 0.29) is 5.97 Å². The highest BCUT2D eigenvalue weighted by Gasteiger charge is 2.14. The molecule has 0 spiro atoms. The molecule has 0 aromatic heterocycles. The number of hydrogen-bond donors (Lipinski definition) is 0. The van der Waals surface area contributed by atoms with Crippen LogP contribution in [0.1, 0.15) is 36.5 Å². The monoisotopic (exact) mass is 570 g/mol. The minimum Gasteiger partial charge on any atom is -0.462 e. The molecule has 1 aromatic rings. The highest BCUT2D eigenvalue weighted by Crippen LogP contribution is 2.23. The summed E-state index contributed by atoms with van der Waals surface area (Å²) >= 11 is 6.65. The summed E-state index contributed by atoms with van der Waals surface area (Å²) in [4.78, 5) is 11.9. The third-order valence-corrected chi connectivity index (χ3v) is 5.86. The van der Waals surface area contributed by atoms with Crippen LogP contribution in [0.2, 0.25) is 0 Å². The predicted molar refractivity (Wildman–Crippen MR) is 94.4 cm³/mol. The van der Waals surface area contributed by atoms with Crippen LogP contribution in [-0.2, 0) is 4.74 Å². The minimum absolute atomic E-state index is 0.207. The summed E-state index contributed by atoms with van der Waals surface area (Å²) in [6, 6.07) is 3.93. The summed E-state index contributed by atoms with van der Waals surface area (Å²) < 4.78 is 8.40. The second-order valence-electron chi connectivity index (χ2n) is 3.59. The van der Waals surface area contributed by atoms with Crippen LogP contribution in [0.4, 0.5) is 0 Å². The van der Waals surface area contributed by atoms with Gasteiger partial charge in [-0.05, 0) is 86.3 Å². The van der Waals surface area contributed by atoms with Crippen LogP contribution in [0.25, 0.3) is 0 Å². The van der Waals surface area contributed by atoms with Crippen LogP contribution in [-0.4, -0.2) is 12.6 Å². The molecule has 0 fully saturated rings. The van der Waals surface area contributed by atoms with E-state index in [1.54, 1.807) is 0 Å². The predicted octanol–water partition coefficient (Wildman–Crippen LogP) is 4.85. The van der Waals surface area contributed by atoms with Gasteiger partial charge in [0.15, 0.2) is 0 Å². The van der Waals surface area contributed by atoms with Crippen molar-refractivity contribution < 1.29 is 9.53 Å². The van der Waals surface area contributed by atoms with Crippen LogP contribution in [0.5, 0.6) is 0 Å². The van der Waals surface area contributed by atoms with Crippen LogP contribution in [0.3, 0.4) is 0 Å². The van der Waals surface area contributed by atoms with Crippen molar-refractivity contribution in [3.8, 4) is 0 Å². The molecule has 0 saturated heterocycles. The van der Waals surface area contributed by atoms with Crippen molar-refractivity contribution in [1.82, 2.24) is 0 Å². The molecule has 0 bridgehead atoms. The van der Waals surface area contributed by atoms with Gasteiger partial charge < -0.3 is 4.74 Å². The van der Waals surface area contributed by atoms with Crippen molar-refractivity contribution in [3.05, 3.63) is 28.4 Å². The molecular formula is C12H13I3O2. The van der Waals surface area contributed by atoms with Crippen molar-refractivity contribution in [2.75, 3.05) is 6.61 Å². The van der Waals surface area contributed by atoms with Gasteiger partial charge in [0.05, 0.1) is 12.2 Å². The lowest BCUT2D eigenvalue weighted by atomic mass is 10.2. The molecule has 94 valence electrons. The van der Waals surface area contributed by atoms with Crippen LogP contribution in [0.15, 0.2) is 12.1 Å². The lowest BCUT2D eigenvalue weighted by molar-refractivity contribution is 0.0496. The first-order chi connectivity index (χ1) is 8.06. The number of carbonyl (C=O) groups excluding carboxylic acids is 1.